The van der Waals surface area contributed by atoms with E-state index >= 15 is 0 Å². The third-order valence-corrected chi connectivity index (χ3v) is 2.83. The number of ether oxygens (including phenoxy) is 2. The van der Waals surface area contributed by atoms with Crippen molar-refractivity contribution in [1.29, 1.82) is 0 Å². The SMILES string of the molecule is CCOCC(N)CCc1ccccc1C(=O)OCC. The molecule has 106 valence electrons. The summed E-state index contributed by atoms with van der Waals surface area (Å²) in [5, 5.41) is 0. The zero-order valence-electron chi connectivity index (χ0n) is 11.7. The van der Waals surface area contributed by atoms with E-state index in [1.54, 1.807) is 13.0 Å². The Labute approximate surface area is 114 Å². The second-order valence-electron chi connectivity index (χ2n) is 4.34. The Morgan fingerprint density at radius 1 is 1.26 bits per heavy atom. The molecule has 0 spiro atoms. The molecule has 1 atom stereocenters. The van der Waals surface area contributed by atoms with Crippen molar-refractivity contribution in [1.82, 2.24) is 0 Å². The van der Waals surface area contributed by atoms with Crippen molar-refractivity contribution in [3.8, 4) is 0 Å². The summed E-state index contributed by atoms with van der Waals surface area (Å²) in [6.45, 7) is 5.36. The number of esters is 1. The summed E-state index contributed by atoms with van der Waals surface area (Å²) in [4.78, 5) is 11.8. The van der Waals surface area contributed by atoms with Gasteiger partial charge in [-0.15, -0.1) is 0 Å². The predicted octanol–water partition coefficient (Wildman–Crippen LogP) is 2.16. The molecule has 1 unspecified atom stereocenters. The summed E-state index contributed by atoms with van der Waals surface area (Å²) in [5.74, 6) is -0.267. The molecule has 0 aliphatic carbocycles. The molecule has 0 saturated heterocycles. The van der Waals surface area contributed by atoms with E-state index in [-0.39, 0.29) is 12.0 Å². The van der Waals surface area contributed by atoms with E-state index < -0.39 is 0 Å². The van der Waals surface area contributed by atoms with E-state index in [2.05, 4.69) is 0 Å². The monoisotopic (exact) mass is 265 g/mol. The minimum atomic E-state index is -0.267. The molecule has 19 heavy (non-hydrogen) atoms. The maximum absolute atomic E-state index is 11.8. The number of nitrogens with two attached hydrogens (primary N) is 1. The average Bonchev–Trinajstić information content (AvgIpc) is 2.43. The Hall–Kier alpha value is -1.39. The highest BCUT2D eigenvalue weighted by Crippen LogP contribution is 2.13. The fourth-order valence-corrected chi connectivity index (χ4v) is 1.84. The summed E-state index contributed by atoms with van der Waals surface area (Å²) in [6, 6.07) is 7.50. The minimum Gasteiger partial charge on any atom is -0.462 e. The number of benzene rings is 1. The topological polar surface area (TPSA) is 61.5 Å². The molecular weight excluding hydrogens is 242 g/mol. The first-order valence-corrected chi connectivity index (χ1v) is 6.77. The number of rotatable bonds is 8. The zero-order chi connectivity index (χ0) is 14.1. The number of carbonyl (C=O) groups excluding carboxylic acids is 1. The third kappa shape index (κ3) is 5.41. The lowest BCUT2D eigenvalue weighted by Crippen LogP contribution is -2.27. The van der Waals surface area contributed by atoms with Crippen molar-refractivity contribution in [2.24, 2.45) is 5.73 Å². The summed E-state index contributed by atoms with van der Waals surface area (Å²) < 4.78 is 10.3. The second kappa shape index (κ2) is 8.67. The summed E-state index contributed by atoms with van der Waals surface area (Å²) >= 11 is 0. The molecule has 0 aliphatic heterocycles. The van der Waals surface area contributed by atoms with Gasteiger partial charge in [-0.1, -0.05) is 18.2 Å². The van der Waals surface area contributed by atoms with Gasteiger partial charge in [0.2, 0.25) is 0 Å². The van der Waals surface area contributed by atoms with Crippen molar-refractivity contribution in [3.63, 3.8) is 0 Å². The van der Waals surface area contributed by atoms with Gasteiger partial charge in [-0.2, -0.15) is 0 Å². The predicted molar refractivity (Wildman–Crippen MR) is 75.2 cm³/mol. The van der Waals surface area contributed by atoms with Crippen LogP contribution < -0.4 is 5.73 Å². The van der Waals surface area contributed by atoms with E-state index in [1.165, 1.54) is 0 Å². The van der Waals surface area contributed by atoms with E-state index in [9.17, 15) is 4.79 Å². The quantitative estimate of drug-likeness (QED) is 0.732. The normalized spacial score (nSPS) is 12.2. The molecule has 0 radical (unpaired) electrons. The molecule has 2 N–H and O–H groups in total. The molecular formula is C15H23NO3. The number of hydrogen-bond donors (Lipinski definition) is 1. The van der Waals surface area contributed by atoms with Crippen molar-refractivity contribution in [3.05, 3.63) is 35.4 Å². The van der Waals surface area contributed by atoms with Gasteiger partial charge in [-0.3, -0.25) is 0 Å². The molecule has 0 fully saturated rings. The van der Waals surface area contributed by atoms with Gasteiger partial charge in [0.15, 0.2) is 0 Å². The van der Waals surface area contributed by atoms with E-state index in [0.29, 0.717) is 25.4 Å². The molecule has 4 heteroatoms. The van der Waals surface area contributed by atoms with Gasteiger partial charge in [0.1, 0.15) is 0 Å². The Bertz CT molecular complexity index is 393. The summed E-state index contributed by atoms with van der Waals surface area (Å²) in [5.41, 5.74) is 7.56. The zero-order valence-corrected chi connectivity index (χ0v) is 11.7. The van der Waals surface area contributed by atoms with E-state index in [0.717, 1.165) is 18.4 Å². The Morgan fingerprint density at radius 2 is 2.00 bits per heavy atom. The smallest absolute Gasteiger partial charge is 0.338 e. The van der Waals surface area contributed by atoms with Crippen molar-refractivity contribution in [2.75, 3.05) is 19.8 Å². The molecule has 1 aromatic carbocycles. The van der Waals surface area contributed by atoms with Crippen molar-refractivity contribution < 1.29 is 14.3 Å². The molecule has 1 aromatic rings. The molecule has 0 heterocycles. The summed E-state index contributed by atoms with van der Waals surface area (Å²) in [7, 11) is 0. The summed E-state index contributed by atoms with van der Waals surface area (Å²) in [6.07, 6.45) is 1.54. The lowest BCUT2D eigenvalue weighted by Gasteiger charge is -2.13. The number of hydrogen-bond acceptors (Lipinski definition) is 4. The first-order valence-electron chi connectivity index (χ1n) is 6.77. The molecule has 0 amide bonds. The molecule has 0 bridgehead atoms. The first kappa shape index (κ1) is 15.7. The molecule has 0 saturated carbocycles. The van der Waals surface area contributed by atoms with Crippen LogP contribution in [0.25, 0.3) is 0 Å². The van der Waals surface area contributed by atoms with Crippen LogP contribution in [0, 0.1) is 0 Å². The Kier molecular flexibility index (Phi) is 7.15. The maximum atomic E-state index is 11.8. The maximum Gasteiger partial charge on any atom is 0.338 e. The van der Waals surface area contributed by atoms with Crippen LogP contribution in [0.4, 0.5) is 0 Å². The van der Waals surface area contributed by atoms with Crippen molar-refractivity contribution in [2.45, 2.75) is 32.7 Å². The van der Waals surface area contributed by atoms with Crippen molar-refractivity contribution >= 4 is 5.97 Å². The highest BCUT2D eigenvalue weighted by molar-refractivity contribution is 5.91. The van der Waals surface area contributed by atoms with Gasteiger partial charge >= 0.3 is 5.97 Å². The Morgan fingerprint density at radius 3 is 2.68 bits per heavy atom. The molecule has 0 aliphatic rings. The molecule has 1 rings (SSSR count). The van der Waals surface area contributed by atoms with Gasteiger partial charge in [-0.25, -0.2) is 4.79 Å². The average molecular weight is 265 g/mol. The number of aryl methyl sites for hydroxylation is 1. The standard InChI is InChI=1S/C15H23NO3/c1-3-18-11-13(16)10-9-12-7-5-6-8-14(12)15(17)19-4-2/h5-8,13H,3-4,9-11,16H2,1-2H3. The minimum absolute atomic E-state index is 0.00444. The third-order valence-electron chi connectivity index (χ3n) is 2.83. The van der Waals surface area contributed by atoms with Crippen LogP contribution in [0.2, 0.25) is 0 Å². The first-order chi connectivity index (χ1) is 9.19. The van der Waals surface area contributed by atoms with Crippen LogP contribution in [-0.2, 0) is 15.9 Å². The lowest BCUT2D eigenvalue weighted by atomic mass is 10.0. The molecule has 0 aromatic heterocycles. The van der Waals surface area contributed by atoms with Crippen LogP contribution in [0.1, 0.15) is 36.2 Å². The van der Waals surface area contributed by atoms with Gasteiger partial charge in [0.25, 0.3) is 0 Å². The van der Waals surface area contributed by atoms with Crippen LogP contribution in [0.15, 0.2) is 24.3 Å². The highest BCUT2D eigenvalue weighted by Gasteiger charge is 2.12. The Balaban J connectivity index is 2.60. The van der Waals surface area contributed by atoms with E-state index in [1.807, 2.05) is 25.1 Å². The van der Waals surface area contributed by atoms with Gasteiger partial charge in [-0.05, 0) is 38.3 Å². The van der Waals surface area contributed by atoms with Crippen LogP contribution in [0.3, 0.4) is 0 Å². The fraction of sp³-hybridized carbons (Fsp3) is 0.533. The van der Waals surface area contributed by atoms with Crippen LogP contribution in [0.5, 0.6) is 0 Å². The largest absolute Gasteiger partial charge is 0.462 e. The van der Waals surface area contributed by atoms with Gasteiger partial charge < -0.3 is 15.2 Å². The van der Waals surface area contributed by atoms with Gasteiger partial charge in [0, 0.05) is 12.6 Å². The fourth-order valence-electron chi connectivity index (χ4n) is 1.84. The molecule has 4 nitrogen and oxygen atoms in total. The highest BCUT2D eigenvalue weighted by atomic mass is 16.5. The van der Waals surface area contributed by atoms with Gasteiger partial charge in [0.05, 0.1) is 18.8 Å². The van der Waals surface area contributed by atoms with Crippen LogP contribution in [-0.4, -0.2) is 31.8 Å². The lowest BCUT2D eigenvalue weighted by molar-refractivity contribution is 0.0525. The van der Waals surface area contributed by atoms with E-state index in [4.69, 9.17) is 15.2 Å². The number of carbonyl (C=O) groups is 1. The van der Waals surface area contributed by atoms with Crippen LogP contribution >= 0.6 is 0 Å². The second-order valence-corrected chi connectivity index (χ2v) is 4.34.